The molecule has 0 aliphatic carbocycles. The van der Waals surface area contributed by atoms with Gasteiger partial charge in [-0.15, -0.1) is 0 Å². The SMILES string of the molecule is CCCC(=O)NC1CCN(C(=O)CC(C)(C)N)CC1. The van der Waals surface area contributed by atoms with Crippen LogP contribution < -0.4 is 11.1 Å². The molecule has 0 radical (unpaired) electrons. The Labute approximate surface area is 115 Å². The maximum Gasteiger partial charge on any atom is 0.224 e. The minimum absolute atomic E-state index is 0.117. The summed E-state index contributed by atoms with van der Waals surface area (Å²) >= 11 is 0. The molecule has 5 nitrogen and oxygen atoms in total. The number of likely N-dealkylation sites (tertiary alicyclic amines) is 1. The van der Waals surface area contributed by atoms with Gasteiger partial charge in [-0.3, -0.25) is 9.59 Å². The second-order valence-corrected chi connectivity index (χ2v) is 6.14. The lowest BCUT2D eigenvalue weighted by atomic mass is 9.99. The van der Waals surface area contributed by atoms with Gasteiger partial charge in [-0.2, -0.15) is 0 Å². The van der Waals surface area contributed by atoms with Gasteiger partial charge in [0.15, 0.2) is 0 Å². The molecular weight excluding hydrogens is 242 g/mol. The molecule has 1 heterocycles. The van der Waals surface area contributed by atoms with Crippen LogP contribution in [-0.4, -0.2) is 41.4 Å². The predicted octanol–water partition coefficient (Wildman–Crippen LogP) is 1.02. The van der Waals surface area contributed by atoms with Crippen molar-refractivity contribution in [2.45, 2.75) is 64.5 Å². The molecule has 3 N–H and O–H groups in total. The Hall–Kier alpha value is -1.10. The van der Waals surface area contributed by atoms with Crippen LogP contribution in [0.2, 0.25) is 0 Å². The first-order valence-electron chi connectivity index (χ1n) is 7.18. The lowest BCUT2D eigenvalue weighted by molar-refractivity contribution is -0.133. The molecule has 1 aliphatic rings. The van der Waals surface area contributed by atoms with Gasteiger partial charge in [0.1, 0.15) is 0 Å². The summed E-state index contributed by atoms with van der Waals surface area (Å²) in [6.45, 7) is 7.15. The topological polar surface area (TPSA) is 75.4 Å². The molecular formula is C14H27N3O2. The van der Waals surface area contributed by atoms with Gasteiger partial charge in [0.2, 0.25) is 11.8 Å². The van der Waals surface area contributed by atoms with Crippen LogP contribution in [0.25, 0.3) is 0 Å². The molecule has 0 aromatic rings. The van der Waals surface area contributed by atoms with E-state index >= 15 is 0 Å². The average Bonchev–Trinajstić information content (AvgIpc) is 2.27. The Kier molecular flexibility index (Phi) is 5.79. The van der Waals surface area contributed by atoms with Crippen LogP contribution in [0.15, 0.2) is 0 Å². The van der Waals surface area contributed by atoms with Gasteiger partial charge in [0.25, 0.3) is 0 Å². The maximum atomic E-state index is 12.0. The molecule has 0 bridgehead atoms. The molecule has 110 valence electrons. The number of carbonyl (C=O) groups is 2. The maximum absolute atomic E-state index is 12.0. The second-order valence-electron chi connectivity index (χ2n) is 6.14. The fourth-order valence-corrected chi connectivity index (χ4v) is 2.30. The molecule has 0 unspecified atom stereocenters. The fourth-order valence-electron chi connectivity index (χ4n) is 2.30. The normalized spacial score (nSPS) is 17.4. The Balaban J connectivity index is 2.32. The van der Waals surface area contributed by atoms with E-state index < -0.39 is 5.54 Å². The van der Waals surface area contributed by atoms with Crippen molar-refractivity contribution in [2.75, 3.05) is 13.1 Å². The molecule has 1 aliphatic heterocycles. The molecule has 0 saturated carbocycles. The van der Waals surface area contributed by atoms with Crippen molar-refractivity contribution in [3.63, 3.8) is 0 Å². The molecule has 0 aromatic heterocycles. The first-order chi connectivity index (χ1) is 8.81. The number of rotatable bonds is 5. The summed E-state index contributed by atoms with van der Waals surface area (Å²) in [6, 6.07) is 0.217. The fraction of sp³-hybridized carbons (Fsp3) is 0.857. The Morgan fingerprint density at radius 1 is 1.32 bits per heavy atom. The highest BCUT2D eigenvalue weighted by Crippen LogP contribution is 2.14. The minimum Gasteiger partial charge on any atom is -0.353 e. The summed E-state index contributed by atoms with van der Waals surface area (Å²) in [5.41, 5.74) is 5.41. The number of nitrogens with one attached hydrogen (secondary N) is 1. The summed E-state index contributed by atoms with van der Waals surface area (Å²) in [6.07, 6.45) is 3.51. The van der Waals surface area contributed by atoms with Crippen LogP contribution >= 0.6 is 0 Å². The highest BCUT2D eigenvalue weighted by molar-refractivity contribution is 5.78. The van der Waals surface area contributed by atoms with Gasteiger partial charge in [-0.25, -0.2) is 0 Å². The lowest BCUT2D eigenvalue weighted by Gasteiger charge is -2.34. The molecule has 0 atom stereocenters. The van der Waals surface area contributed by atoms with Crippen molar-refractivity contribution in [2.24, 2.45) is 5.73 Å². The highest BCUT2D eigenvalue weighted by Gasteiger charge is 2.26. The number of hydrogen-bond donors (Lipinski definition) is 2. The van der Waals surface area contributed by atoms with E-state index in [2.05, 4.69) is 5.32 Å². The van der Waals surface area contributed by atoms with Crippen molar-refractivity contribution >= 4 is 11.8 Å². The number of nitrogens with two attached hydrogens (primary N) is 1. The van der Waals surface area contributed by atoms with Gasteiger partial charge in [0.05, 0.1) is 0 Å². The van der Waals surface area contributed by atoms with Crippen LogP contribution in [0.5, 0.6) is 0 Å². The molecule has 5 heteroatoms. The molecule has 2 amide bonds. The van der Waals surface area contributed by atoms with E-state index in [1.807, 2.05) is 25.7 Å². The molecule has 0 aromatic carbocycles. The smallest absolute Gasteiger partial charge is 0.224 e. The van der Waals surface area contributed by atoms with Crippen molar-refractivity contribution in [1.29, 1.82) is 0 Å². The second kappa shape index (κ2) is 6.89. The van der Waals surface area contributed by atoms with E-state index in [9.17, 15) is 9.59 Å². The van der Waals surface area contributed by atoms with Crippen LogP contribution in [0.4, 0.5) is 0 Å². The van der Waals surface area contributed by atoms with E-state index in [4.69, 9.17) is 5.73 Å². The number of amides is 2. The number of piperidine rings is 1. The summed E-state index contributed by atoms with van der Waals surface area (Å²) < 4.78 is 0. The van der Waals surface area contributed by atoms with Gasteiger partial charge < -0.3 is 16.0 Å². The Morgan fingerprint density at radius 3 is 2.37 bits per heavy atom. The van der Waals surface area contributed by atoms with Crippen molar-refractivity contribution < 1.29 is 9.59 Å². The third-order valence-electron chi connectivity index (χ3n) is 3.30. The van der Waals surface area contributed by atoms with Crippen LogP contribution in [0.3, 0.4) is 0 Å². The van der Waals surface area contributed by atoms with Crippen molar-refractivity contribution in [1.82, 2.24) is 10.2 Å². The molecule has 1 saturated heterocycles. The lowest BCUT2D eigenvalue weighted by Crippen LogP contribution is -2.48. The zero-order valence-electron chi connectivity index (χ0n) is 12.4. The standard InChI is InChI=1S/C14H27N3O2/c1-4-5-12(18)16-11-6-8-17(9-7-11)13(19)10-14(2,3)15/h11H,4-10,15H2,1-3H3,(H,16,18). The predicted molar refractivity (Wildman–Crippen MR) is 75.5 cm³/mol. The van der Waals surface area contributed by atoms with Crippen molar-refractivity contribution in [3.8, 4) is 0 Å². The van der Waals surface area contributed by atoms with E-state index in [-0.39, 0.29) is 17.9 Å². The van der Waals surface area contributed by atoms with Crippen LogP contribution in [0.1, 0.15) is 52.9 Å². The zero-order chi connectivity index (χ0) is 14.5. The van der Waals surface area contributed by atoms with Crippen LogP contribution in [0, 0.1) is 0 Å². The molecule has 0 spiro atoms. The molecule has 1 rings (SSSR count). The Bertz CT molecular complexity index is 315. The van der Waals surface area contributed by atoms with E-state index in [0.717, 1.165) is 19.3 Å². The number of carbonyl (C=O) groups excluding carboxylic acids is 2. The molecule has 1 fully saturated rings. The van der Waals surface area contributed by atoms with Gasteiger partial charge in [-0.05, 0) is 33.1 Å². The van der Waals surface area contributed by atoms with E-state index in [1.165, 1.54) is 0 Å². The Morgan fingerprint density at radius 2 is 1.89 bits per heavy atom. The summed E-state index contributed by atoms with van der Waals surface area (Å²) in [5.74, 6) is 0.237. The van der Waals surface area contributed by atoms with E-state index in [0.29, 0.717) is 25.9 Å². The number of nitrogens with zero attached hydrogens (tertiary/aromatic N) is 1. The zero-order valence-corrected chi connectivity index (χ0v) is 12.4. The largest absolute Gasteiger partial charge is 0.353 e. The minimum atomic E-state index is -0.455. The highest BCUT2D eigenvalue weighted by atomic mass is 16.2. The van der Waals surface area contributed by atoms with Crippen LogP contribution in [-0.2, 0) is 9.59 Å². The first kappa shape index (κ1) is 16.0. The summed E-state index contributed by atoms with van der Waals surface area (Å²) in [4.78, 5) is 25.4. The first-order valence-corrected chi connectivity index (χ1v) is 7.18. The van der Waals surface area contributed by atoms with Gasteiger partial charge in [-0.1, -0.05) is 6.92 Å². The summed E-state index contributed by atoms with van der Waals surface area (Å²) in [5, 5.41) is 3.03. The third kappa shape index (κ3) is 6.05. The average molecular weight is 269 g/mol. The monoisotopic (exact) mass is 269 g/mol. The molecule has 19 heavy (non-hydrogen) atoms. The quantitative estimate of drug-likeness (QED) is 0.782. The van der Waals surface area contributed by atoms with Gasteiger partial charge >= 0.3 is 0 Å². The van der Waals surface area contributed by atoms with E-state index in [1.54, 1.807) is 0 Å². The summed E-state index contributed by atoms with van der Waals surface area (Å²) in [7, 11) is 0. The third-order valence-corrected chi connectivity index (χ3v) is 3.30. The van der Waals surface area contributed by atoms with Crippen molar-refractivity contribution in [3.05, 3.63) is 0 Å². The number of hydrogen-bond acceptors (Lipinski definition) is 3. The van der Waals surface area contributed by atoms with Gasteiger partial charge in [0, 0.05) is 37.5 Å².